The van der Waals surface area contributed by atoms with Gasteiger partial charge in [0.15, 0.2) is 0 Å². The first-order valence-corrected chi connectivity index (χ1v) is 8.71. The third-order valence-corrected chi connectivity index (χ3v) is 4.36. The maximum atomic E-state index is 12.8. The Balaban J connectivity index is 2.21. The van der Waals surface area contributed by atoms with Crippen LogP contribution in [-0.2, 0) is 4.79 Å². The molecule has 7 nitrogen and oxygen atoms in total. The number of halogens is 1. The van der Waals surface area contributed by atoms with Crippen molar-refractivity contribution in [1.29, 1.82) is 0 Å². The molecule has 0 spiro atoms. The Kier molecular flexibility index (Phi) is 6.52. The number of anilines is 1. The highest BCUT2D eigenvalue weighted by Gasteiger charge is 2.26. The molecule has 0 saturated heterocycles. The van der Waals surface area contributed by atoms with Gasteiger partial charge in [-0.05, 0) is 44.5 Å². The molecule has 8 heteroatoms. The van der Waals surface area contributed by atoms with Gasteiger partial charge < -0.3 is 10.2 Å². The van der Waals surface area contributed by atoms with Crippen molar-refractivity contribution in [3.8, 4) is 0 Å². The highest BCUT2D eigenvalue weighted by atomic mass is 35.5. The summed E-state index contributed by atoms with van der Waals surface area (Å²) in [6, 6.07) is 9.66. The average molecular weight is 390 g/mol. The quantitative estimate of drug-likeness (QED) is 0.597. The molecule has 2 rings (SSSR count). The fourth-order valence-electron chi connectivity index (χ4n) is 2.66. The Hall–Kier alpha value is -2.93. The third-order valence-electron chi connectivity index (χ3n) is 4.13. The SMILES string of the molecule is CCN(CC(=O)Nc1cc(Cl)ccc1C)C(=O)c1cccc(C)c1[N+](=O)[O-]. The molecule has 1 N–H and O–H groups in total. The molecule has 0 aliphatic heterocycles. The monoisotopic (exact) mass is 389 g/mol. The summed E-state index contributed by atoms with van der Waals surface area (Å²) < 4.78 is 0. The van der Waals surface area contributed by atoms with E-state index in [1.807, 2.05) is 6.92 Å². The van der Waals surface area contributed by atoms with E-state index in [1.165, 1.54) is 11.0 Å². The lowest BCUT2D eigenvalue weighted by molar-refractivity contribution is -0.385. The lowest BCUT2D eigenvalue weighted by atomic mass is 10.1. The first-order valence-electron chi connectivity index (χ1n) is 8.33. The summed E-state index contributed by atoms with van der Waals surface area (Å²) in [5.74, 6) is -0.975. The van der Waals surface area contributed by atoms with Crippen LogP contribution in [0.5, 0.6) is 0 Å². The van der Waals surface area contributed by atoms with Crippen molar-refractivity contribution in [1.82, 2.24) is 4.90 Å². The highest BCUT2D eigenvalue weighted by Crippen LogP contribution is 2.25. The molecule has 0 heterocycles. The number of likely N-dealkylation sites (N-methyl/N-ethyl adjacent to an activating group) is 1. The normalized spacial score (nSPS) is 10.4. The van der Waals surface area contributed by atoms with Crippen molar-refractivity contribution in [3.05, 3.63) is 68.2 Å². The minimum Gasteiger partial charge on any atom is -0.329 e. The van der Waals surface area contributed by atoms with Gasteiger partial charge in [-0.3, -0.25) is 19.7 Å². The van der Waals surface area contributed by atoms with Crippen LogP contribution in [0.2, 0.25) is 5.02 Å². The molecule has 2 aromatic rings. The van der Waals surface area contributed by atoms with Gasteiger partial charge in [0, 0.05) is 22.8 Å². The lowest BCUT2D eigenvalue weighted by Gasteiger charge is -2.21. The van der Waals surface area contributed by atoms with Gasteiger partial charge in [0.05, 0.1) is 4.92 Å². The summed E-state index contributed by atoms with van der Waals surface area (Å²) >= 11 is 5.95. The van der Waals surface area contributed by atoms with E-state index in [4.69, 9.17) is 11.6 Å². The van der Waals surface area contributed by atoms with E-state index >= 15 is 0 Å². The highest BCUT2D eigenvalue weighted by molar-refractivity contribution is 6.31. The largest absolute Gasteiger partial charge is 0.329 e. The molecule has 0 aliphatic carbocycles. The van der Waals surface area contributed by atoms with Gasteiger partial charge in [0.25, 0.3) is 11.6 Å². The smallest absolute Gasteiger partial charge is 0.285 e. The predicted octanol–water partition coefficient (Wildman–Crippen LogP) is 3.97. The van der Waals surface area contributed by atoms with E-state index in [2.05, 4.69) is 5.32 Å². The van der Waals surface area contributed by atoms with E-state index in [1.54, 1.807) is 44.2 Å². The number of benzene rings is 2. The molecule has 0 aliphatic rings. The molecule has 0 fully saturated rings. The molecule has 2 aromatic carbocycles. The Morgan fingerprint density at radius 1 is 1.19 bits per heavy atom. The second kappa shape index (κ2) is 8.64. The van der Waals surface area contributed by atoms with Crippen LogP contribution in [0.1, 0.15) is 28.4 Å². The van der Waals surface area contributed by atoms with Gasteiger partial charge in [-0.1, -0.05) is 29.8 Å². The van der Waals surface area contributed by atoms with Crippen molar-refractivity contribution in [2.75, 3.05) is 18.4 Å². The molecule has 0 saturated carbocycles. The predicted molar refractivity (Wildman–Crippen MR) is 104 cm³/mol. The summed E-state index contributed by atoms with van der Waals surface area (Å²) in [5.41, 5.74) is 1.50. The van der Waals surface area contributed by atoms with Gasteiger partial charge in [0.1, 0.15) is 12.1 Å². The number of hydrogen-bond acceptors (Lipinski definition) is 4. The number of nitrogens with zero attached hydrogens (tertiary/aromatic N) is 2. The number of nitrogens with one attached hydrogen (secondary N) is 1. The Morgan fingerprint density at radius 2 is 1.89 bits per heavy atom. The minimum absolute atomic E-state index is 0.0337. The maximum Gasteiger partial charge on any atom is 0.285 e. The first kappa shape index (κ1) is 20.4. The number of hydrogen-bond donors (Lipinski definition) is 1. The van der Waals surface area contributed by atoms with Gasteiger partial charge in [-0.2, -0.15) is 0 Å². The van der Waals surface area contributed by atoms with Crippen molar-refractivity contribution in [3.63, 3.8) is 0 Å². The molecule has 0 unspecified atom stereocenters. The number of nitro benzene ring substituents is 1. The summed E-state index contributed by atoms with van der Waals surface area (Å²) in [4.78, 5) is 37.2. The molecule has 27 heavy (non-hydrogen) atoms. The first-order chi connectivity index (χ1) is 12.7. The standard InChI is InChI=1S/C19H20ClN3O4/c1-4-22(11-17(24)21-16-10-14(20)9-8-12(16)2)19(25)15-7-5-6-13(3)18(15)23(26)27/h5-10H,4,11H2,1-3H3,(H,21,24). The molecular formula is C19H20ClN3O4. The molecule has 0 bridgehead atoms. The van der Waals surface area contributed by atoms with Gasteiger partial charge in [-0.15, -0.1) is 0 Å². The van der Waals surface area contributed by atoms with Crippen LogP contribution < -0.4 is 5.32 Å². The Bertz CT molecular complexity index is 899. The zero-order valence-corrected chi connectivity index (χ0v) is 16.0. The summed E-state index contributed by atoms with van der Waals surface area (Å²) in [6.45, 7) is 5.10. The third kappa shape index (κ3) is 4.83. The fourth-order valence-corrected chi connectivity index (χ4v) is 2.84. The van der Waals surface area contributed by atoms with Crippen LogP contribution in [0.3, 0.4) is 0 Å². The average Bonchev–Trinajstić information content (AvgIpc) is 2.61. The van der Waals surface area contributed by atoms with Crippen molar-refractivity contribution >= 4 is 34.8 Å². The molecule has 0 atom stereocenters. The minimum atomic E-state index is -0.578. The topological polar surface area (TPSA) is 92.6 Å². The maximum absolute atomic E-state index is 12.8. The van der Waals surface area contributed by atoms with Crippen LogP contribution in [0.25, 0.3) is 0 Å². The van der Waals surface area contributed by atoms with Crippen molar-refractivity contribution in [2.24, 2.45) is 0 Å². The van der Waals surface area contributed by atoms with Gasteiger partial charge in [-0.25, -0.2) is 0 Å². The van der Waals surface area contributed by atoms with Crippen LogP contribution in [0.4, 0.5) is 11.4 Å². The van der Waals surface area contributed by atoms with E-state index in [0.29, 0.717) is 16.3 Å². The van der Waals surface area contributed by atoms with E-state index in [-0.39, 0.29) is 24.3 Å². The molecular weight excluding hydrogens is 370 g/mol. The molecule has 0 radical (unpaired) electrons. The number of carbonyl (C=O) groups is 2. The molecule has 142 valence electrons. The number of para-hydroxylation sites is 1. The van der Waals surface area contributed by atoms with Gasteiger partial charge >= 0.3 is 0 Å². The van der Waals surface area contributed by atoms with Crippen LogP contribution in [-0.4, -0.2) is 34.7 Å². The molecule has 0 aromatic heterocycles. The second-order valence-corrected chi connectivity index (χ2v) is 6.49. The van der Waals surface area contributed by atoms with E-state index in [0.717, 1.165) is 5.56 Å². The number of carbonyl (C=O) groups excluding carboxylic acids is 2. The van der Waals surface area contributed by atoms with Crippen molar-refractivity contribution in [2.45, 2.75) is 20.8 Å². The van der Waals surface area contributed by atoms with Crippen molar-refractivity contribution < 1.29 is 14.5 Å². The van der Waals surface area contributed by atoms with E-state index < -0.39 is 16.7 Å². The Morgan fingerprint density at radius 3 is 2.52 bits per heavy atom. The Labute approximate surface area is 162 Å². The summed E-state index contributed by atoms with van der Waals surface area (Å²) in [5, 5.41) is 14.5. The van der Waals surface area contributed by atoms with E-state index in [9.17, 15) is 19.7 Å². The van der Waals surface area contributed by atoms with Gasteiger partial charge in [0.2, 0.25) is 5.91 Å². The molecule has 2 amide bonds. The fraction of sp³-hybridized carbons (Fsp3) is 0.263. The zero-order chi connectivity index (χ0) is 20.1. The summed E-state index contributed by atoms with van der Waals surface area (Å²) in [6.07, 6.45) is 0. The number of rotatable bonds is 6. The van der Waals surface area contributed by atoms with Crippen LogP contribution >= 0.6 is 11.6 Å². The number of aryl methyl sites for hydroxylation is 2. The zero-order valence-electron chi connectivity index (χ0n) is 15.3. The number of amides is 2. The second-order valence-electron chi connectivity index (χ2n) is 6.05. The lowest BCUT2D eigenvalue weighted by Crippen LogP contribution is -2.38. The summed E-state index contributed by atoms with van der Waals surface area (Å²) in [7, 11) is 0. The van der Waals surface area contributed by atoms with Crippen LogP contribution in [0, 0.1) is 24.0 Å². The van der Waals surface area contributed by atoms with Crippen LogP contribution in [0.15, 0.2) is 36.4 Å². The number of nitro groups is 1.